The number of aromatic hydroxyl groups is 1. The molecule has 0 unspecified atom stereocenters. The number of rotatable bonds is 3. The summed E-state index contributed by atoms with van der Waals surface area (Å²) in [6.45, 7) is 3.27. The van der Waals surface area contributed by atoms with Crippen LogP contribution >= 0.6 is 0 Å². The van der Waals surface area contributed by atoms with Gasteiger partial charge in [0, 0.05) is 12.3 Å². The minimum Gasteiger partial charge on any atom is -0.508 e. The smallest absolute Gasteiger partial charge is 0.344 e. The van der Waals surface area contributed by atoms with Gasteiger partial charge < -0.3 is 14.6 Å². The summed E-state index contributed by atoms with van der Waals surface area (Å²) in [5.74, 6) is 1.15. The normalized spacial score (nSPS) is 34.1. The molecule has 0 aromatic heterocycles. The van der Waals surface area contributed by atoms with Crippen LogP contribution in [0, 0.1) is 17.3 Å². The average Bonchev–Trinajstić information content (AvgIpc) is 2.96. The molecule has 0 radical (unpaired) electrons. The van der Waals surface area contributed by atoms with Gasteiger partial charge in [0.25, 0.3) is 0 Å². The molecule has 5 nitrogen and oxygen atoms in total. The van der Waals surface area contributed by atoms with Gasteiger partial charge in [-0.25, -0.2) is 4.79 Å². The molecule has 0 saturated heterocycles. The standard InChI is InChI=1S/C22H28O5/c1-13(23)26-12-21(25)27-20-8-7-19-18-5-3-14-11-15(24)4-6-16(14)17(18)9-10-22(19,20)2/h4,6,11,17-20,24H,3,5,7-10,12H2,1-2H3/t17-,18-,19+,20+,22+/m1/s1. The Kier molecular flexibility index (Phi) is 4.65. The molecule has 3 aliphatic rings. The van der Waals surface area contributed by atoms with Crippen molar-refractivity contribution in [3.63, 3.8) is 0 Å². The Bertz CT molecular complexity index is 757. The van der Waals surface area contributed by atoms with E-state index < -0.39 is 11.9 Å². The fraction of sp³-hybridized carbons (Fsp3) is 0.636. The van der Waals surface area contributed by atoms with Crippen LogP contribution in [0.25, 0.3) is 0 Å². The van der Waals surface area contributed by atoms with Gasteiger partial charge in [-0.1, -0.05) is 13.0 Å². The van der Waals surface area contributed by atoms with E-state index in [-0.39, 0.29) is 18.1 Å². The Morgan fingerprint density at radius 2 is 2.04 bits per heavy atom. The van der Waals surface area contributed by atoms with E-state index in [4.69, 9.17) is 9.47 Å². The zero-order valence-corrected chi connectivity index (χ0v) is 16.1. The van der Waals surface area contributed by atoms with Crippen molar-refractivity contribution in [3.05, 3.63) is 29.3 Å². The lowest BCUT2D eigenvalue weighted by atomic mass is 9.55. The number of aryl methyl sites for hydroxylation is 1. The summed E-state index contributed by atoms with van der Waals surface area (Å²) in [6.07, 6.45) is 6.14. The largest absolute Gasteiger partial charge is 0.508 e. The van der Waals surface area contributed by atoms with Crippen LogP contribution in [-0.4, -0.2) is 29.8 Å². The third kappa shape index (κ3) is 3.21. The highest BCUT2D eigenvalue weighted by Gasteiger charge is 2.56. The maximum absolute atomic E-state index is 12.1. The van der Waals surface area contributed by atoms with E-state index in [2.05, 4.69) is 13.0 Å². The number of carbonyl (C=O) groups excluding carboxylic acids is 2. The molecule has 27 heavy (non-hydrogen) atoms. The lowest BCUT2D eigenvalue weighted by Crippen LogP contribution is -2.45. The van der Waals surface area contributed by atoms with E-state index in [0.29, 0.717) is 23.5 Å². The second kappa shape index (κ2) is 6.84. The highest BCUT2D eigenvalue weighted by Crippen LogP contribution is 2.61. The van der Waals surface area contributed by atoms with Crippen LogP contribution in [0.15, 0.2) is 18.2 Å². The Morgan fingerprint density at radius 1 is 1.22 bits per heavy atom. The minimum atomic E-state index is -0.463. The molecule has 0 amide bonds. The first-order valence-electron chi connectivity index (χ1n) is 10.0. The van der Waals surface area contributed by atoms with Crippen molar-refractivity contribution < 1.29 is 24.2 Å². The van der Waals surface area contributed by atoms with Crippen LogP contribution in [-0.2, 0) is 25.5 Å². The summed E-state index contributed by atoms with van der Waals surface area (Å²) in [7, 11) is 0. The van der Waals surface area contributed by atoms with Crippen LogP contribution in [0.3, 0.4) is 0 Å². The highest BCUT2D eigenvalue weighted by molar-refractivity contribution is 5.75. The number of esters is 2. The number of carbonyl (C=O) groups is 2. The van der Waals surface area contributed by atoms with Gasteiger partial charge in [0.2, 0.25) is 0 Å². The maximum Gasteiger partial charge on any atom is 0.344 e. The Morgan fingerprint density at radius 3 is 2.81 bits per heavy atom. The minimum absolute atomic E-state index is 0.00146. The van der Waals surface area contributed by atoms with Crippen LogP contribution in [0.1, 0.15) is 63.0 Å². The third-order valence-electron chi connectivity index (χ3n) is 7.29. The number of fused-ring (bicyclic) bond motifs is 5. The van der Waals surface area contributed by atoms with Crippen molar-refractivity contribution in [1.82, 2.24) is 0 Å². The van der Waals surface area contributed by atoms with Gasteiger partial charge in [-0.3, -0.25) is 4.79 Å². The molecule has 4 rings (SSSR count). The first kappa shape index (κ1) is 18.3. The van der Waals surface area contributed by atoms with Gasteiger partial charge in [-0.2, -0.15) is 0 Å². The van der Waals surface area contributed by atoms with E-state index in [1.54, 1.807) is 0 Å². The number of ether oxygens (including phenoxy) is 2. The quantitative estimate of drug-likeness (QED) is 0.819. The van der Waals surface area contributed by atoms with E-state index in [1.165, 1.54) is 18.1 Å². The molecule has 2 saturated carbocycles. The predicted octanol–water partition coefficient (Wildman–Crippen LogP) is 3.72. The lowest BCUT2D eigenvalue weighted by molar-refractivity contribution is -0.167. The first-order chi connectivity index (χ1) is 12.9. The summed E-state index contributed by atoms with van der Waals surface area (Å²) >= 11 is 0. The SMILES string of the molecule is CC(=O)OCC(=O)O[C@H]1CC[C@H]2[C@@H]3CCc4cc(O)ccc4[C@H]3CC[C@]12C. The van der Waals surface area contributed by atoms with Crippen LogP contribution in [0.2, 0.25) is 0 Å². The molecule has 5 atom stereocenters. The molecule has 1 N–H and O–H groups in total. The summed E-state index contributed by atoms with van der Waals surface area (Å²) in [5, 5.41) is 9.79. The number of benzene rings is 1. The summed E-state index contributed by atoms with van der Waals surface area (Å²) in [5.41, 5.74) is 2.70. The monoisotopic (exact) mass is 372 g/mol. The van der Waals surface area contributed by atoms with E-state index in [9.17, 15) is 14.7 Å². The van der Waals surface area contributed by atoms with Crippen molar-refractivity contribution in [2.24, 2.45) is 17.3 Å². The second-order valence-electron chi connectivity index (χ2n) is 8.68. The Labute approximate surface area is 160 Å². The molecule has 0 aliphatic heterocycles. The molecule has 0 heterocycles. The topological polar surface area (TPSA) is 72.8 Å². The van der Waals surface area contributed by atoms with Gasteiger partial charge in [-0.15, -0.1) is 0 Å². The number of phenols is 1. The van der Waals surface area contributed by atoms with Crippen molar-refractivity contribution in [2.45, 2.75) is 64.4 Å². The third-order valence-corrected chi connectivity index (χ3v) is 7.29. The summed E-state index contributed by atoms with van der Waals surface area (Å²) in [4.78, 5) is 23.0. The zero-order chi connectivity index (χ0) is 19.2. The van der Waals surface area contributed by atoms with Crippen molar-refractivity contribution in [1.29, 1.82) is 0 Å². The molecule has 5 heteroatoms. The fourth-order valence-electron chi connectivity index (χ4n) is 6.07. The van der Waals surface area contributed by atoms with E-state index in [0.717, 1.165) is 38.5 Å². The molecule has 0 bridgehead atoms. The molecule has 1 aromatic rings. The van der Waals surface area contributed by atoms with Gasteiger partial charge in [-0.05, 0) is 79.5 Å². The van der Waals surface area contributed by atoms with Crippen LogP contribution in [0.4, 0.5) is 0 Å². The summed E-state index contributed by atoms with van der Waals surface area (Å²) < 4.78 is 10.5. The molecular weight excluding hydrogens is 344 g/mol. The maximum atomic E-state index is 12.1. The zero-order valence-electron chi connectivity index (χ0n) is 16.1. The highest BCUT2D eigenvalue weighted by atomic mass is 16.6. The number of hydrogen-bond acceptors (Lipinski definition) is 5. The number of hydrogen-bond donors (Lipinski definition) is 1. The number of phenolic OH excluding ortho intramolecular Hbond substituents is 1. The second-order valence-corrected chi connectivity index (χ2v) is 8.68. The molecular formula is C22H28O5. The Hall–Kier alpha value is -2.04. The lowest BCUT2D eigenvalue weighted by Gasteiger charge is -2.50. The van der Waals surface area contributed by atoms with Gasteiger partial charge in [0.1, 0.15) is 11.9 Å². The molecule has 0 spiro atoms. The average molecular weight is 372 g/mol. The van der Waals surface area contributed by atoms with E-state index >= 15 is 0 Å². The van der Waals surface area contributed by atoms with Gasteiger partial charge in [0.05, 0.1) is 0 Å². The fourth-order valence-corrected chi connectivity index (χ4v) is 6.07. The molecule has 3 aliphatic carbocycles. The predicted molar refractivity (Wildman–Crippen MR) is 99.2 cm³/mol. The van der Waals surface area contributed by atoms with Crippen molar-refractivity contribution in [2.75, 3.05) is 6.61 Å². The van der Waals surface area contributed by atoms with Crippen LogP contribution < -0.4 is 0 Å². The summed E-state index contributed by atoms with van der Waals surface area (Å²) in [6, 6.07) is 5.84. The van der Waals surface area contributed by atoms with Gasteiger partial charge in [0.15, 0.2) is 6.61 Å². The molecule has 1 aromatic carbocycles. The van der Waals surface area contributed by atoms with Gasteiger partial charge >= 0.3 is 11.9 Å². The Balaban J connectivity index is 1.49. The molecule has 146 valence electrons. The first-order valence-corrected chi connectivity index (χ1v) is 10.0. The van der Waals surface area contributed by atoms with E-state index in [1.807, 2.05) is 12.1 Å². The molecule has 2 fully saturated rings. The van der Waals surface area contributed by atoms with Crippen molar-refractivity contribution >= 4 is 11.9 Å². The van der Waals surface area contributed by atoms with Crippen LogP contribution in [0.5, 0.6) is 5.75 Å². The van der Waals surface area contributed by atoms with Crippen molar-refractivity contribution in [3.8, 4) is 5.75 Å².